The van der Waals surface area contributed by atoms with Crippen molar-refractivity contribution in [1.82, 2.24) is 4.90 Å². The van der Waals surface area contributed by atoms with Crippen molar-refractivity contribution in [2.75, 3.05) is 19.8 Å². The van der Waals surface area contributed by atoms with Crippen LogP contribution >= 0.6 is 11.8 Å². The molecule has 0 heterocycles. The molecule has 0 aliphatic rings. The average molecular weight is 467 g/mol. The summed E-state index contributed by atoms with van der Waals surface area (Å²) in [5, 5.41) is 1.95. The molecule has 0 saturated carbocycles. The molecule has 0 aliphatic carbocycles. The lowest BCUT2D eigenvalue weighted by Crippen LogP contribution is -2.07. The third-order valence-corrected chi connectivity index (χ3v) is 5.14. The summed E-state index contributed by atoms with van der Waals surface area (Å²) >= 11 is 1.31. The Hall–Kier alpha value is -2.97. The van der Waals surface area contributed by atoms with Crippen molar-refractivity contribution in [3.05, 3.63) is 58.8 Å². The lowest BCUT2D eigenvalue weighted by atomic mass is 10.0. The molecule has 0 N–H and O–H groups in total. The van der Waals surface area contributed by atoms with Gasteiger partial charge in [0.2, 0.25) is 0 Å². The van der Waals surface area contributed by atoms with Crippen molar-refractivity contribution >= 4 is 40.2 Å². The Bertz CT molecular complexity index is 1030. The number of aliphatic imine (C=N–C) groups is 1. The van der Waals surface area contributed by atoms with Gasteiger partial charge in [-0.1, -0.05) is 57.9 Å². The number of carbonyl (C=O) groups excluding carboxylic acids is 1. The van der Waals surface area contributed by atoms with Crippen LogP contribution in [0.15, 0.2) is 58.3 Å². The minimum Gasteiger partial charge on any atom is -0.460 e. The van der Waals surface area contributed by atoms with E-state index in [-0.39, 0.29) is 5.78 Å². The molecule has 0 saturated heterocycles. The van der Waals surface area contributed by atoms with Gasteiger partial charge in [0.05, 0.1) is 16.3 Å². The number of thioether (sulfide) groups is 1. The van der Waals surface area contributed by atoms with Crippen LogP contribution < -0.4 is 4.74 Å². The second-order valence-corrected chi connectivity index (χ2v) is 7.58. The first-order valence-corrected chi connectivity index (χ1v) is 12.2. The summed E-state index contributed by atoms with van der Waals surface area (Å²) in [4.78, 5) is 19.5. The second-order valence-electron chi connectivity index (χ2n) is 6.60. The highest BCUT2D eigenvalue weighted by atomic mass is 32.2. The monoisotopic (exact) mass is 466 g/mol. The van der Waals surface area contributed by atoms with E-state index in [1.807, 2.05) is 90.9 Å². The normalized spacial score (nSPS) is 11.2. The van der Waals surface area contributed by atoms with Crippen molar-refractivity contribution < 1.29 is 9.53 Å². The fourth-order valence-corrected chi connectivity index (χ4v) is 3.48. The topological polar surface area (TPSA) is 41.9 Å². The maximum atomic E-state index is 12.7. The fraction of sp³-hybridized carbons (Fsp3) is 0.357. The van der Waals surface area contributed by atoms with E-state index in [4.69, 9.17) is 11.2 Å². The van der Waals surface area contributed by atoms with Crippen LogP contribution in [0.4, 0.5) is 5.69 Å². The number of hydrogen-bond acceptors (Lipinski definition) is 5. The van der Waals surface area contributed by atoms with Gasteiger partial charge in [0, 0.05) is 43.4 Å². The third-order valence-electron chi connectivity index (χ3n) is 4.05. The number of nitrogens with zero attached hydrogens (tertiary/aromatic N) is 2. The van der Waals surface area contributed by atoms with E-state index in [0.29, 0.717) is 16.4 Å². The molecule has 2 aromatic carbocycles. The molecule has 0 fully saturated rings. The minimum atomic E-state index is -0.134. The van der Waals surface area contributed by atoms with Gasteiger partial charge in [0.25, 0.3) is 0 Å². The average Bonchev–Trinajstić information content (AvgIpc) is 2.83. The molecule has 0 unspecified atom stereocenters. The summed E-state index contributed by atoms with van der Waals surface area (Å²) in [7, 11) is 3.72. The molecule has 0 aliphatic heterocycles. The molecule has 2 aromatic rings. The number of benzene rings is 2. The lowest BCUT2D eigenvalue weighted by Gasteiger charge is -2.16. The maximum Gasteiger partial charge on any atom is 0.197 e. The molecular weight excluding hydrogens is 428 g/mol. The number of carbonyl (C=O) groups is 1. The van der Waals surface area contributed by atoms with Gasteiger partial charge in [-0.25, -0.2) is 0 Å². The maximum absolute atomic E-state index is 12.7. The zero-order valence-electron chi connectivity index (χ0n) is 21.5. The van der Waals surface area contributed by atoms with E-state index in [9.17, 15) is 4.79 Å². The van der Waals surface area contributed by atoms with E-state index in [1.54, 1.807) is 19.3 Å². The Labute approximate surface area is 204 Å². The van der Waals surface area contributed by atoms with E-state index in [0.717, 1.165) is 27.8 Å². The van der Waals surface area contributed by atoms with E-state index >= 15 is 0 Å². The molecule has 178 valence electrons. The summed E-state index contributed by atoms with van der Waals surface area (Å²) in [6.45, 7) is 13.7. The van der Waals surface area contributed by atoms with Crippen LogP contribution in [0, 0.1) is 19.3 Å². The molecule has 0 radical (unpaired) electrons. The summed E-state index contributed by atoms with van der Waals surface area (Å²) < 4.78 is 6.25. The van der Waals surface area contributed by atoms with E-state index < -0.39 is 0 Å². The van der Waals surface area contributed by atoms with Crippen LogP contribution in [0.2, 0.25) is 0 Å². The summed E-state index contributed by atoms with van der Waals surface area (Å²) in [6.07, 6.45) is 10.4. The Balaban J connectivity index is 0.00000242. The van der Waals surface area contributed by atoms with Crippen LogP contribution in [0.3, 0.4) is 0 Å². The van der Waals surface area contributed by atoms with Crippen molar-refractivity contribution in [3.8, 4) is 18.1 Å². The van der Waals surface area contributed by atoms with E-state index in [1.165, 1.54) is 17.8 Å². The number of terminal acetylenes is 1. The highest BCUT2D eigenvalue weighted by molar-refractivity contribution is 8.04. The van der Waals surface area contributed by atoms with E-state index in [2.05, 4.69) is 10.9 Å². The Morgan fingerprint density at radius 3 is 2.33 bits per heavy atom. The molecule has 0 spiro atoms. The van der Waals surface area contributed by atoms with Gasteiger partial charge in [-0.2, -0.15) is 0 Å². The van der Waals surface area contributed by atoms with Crippen molar-refractivity contribution in [2.24, 2.45) is 4.99 Å². The van der Waals surface area contributed by atoms with Gasteiger partial charge < -0.3 is 9.64 Å². The minimum absolute atomic E-state index is 0.134. The molecular formula is C28H38N2O2S. The predicted octanol–water partition coefficient (Wildman–Crippen LogP) is 7.54. The fourth-order valence-electron chi connectivity index (χ4n) is 2.80. The van der Waals surface area contributed by atoms with Crippen molar-refractivity contribution in [2.45, 2.75) is 48.5 Å². The first kappa shape index (κ1) is 30.0. The molecule has 2 rings (SSSR count). The summed E-state index contributed by atoms with van der Waals surface area (Å²) in [6, 6.07) is 9.95. The van der Waals surface area contributed by atoms with Crippen molar-refractivity contribution in [1.29, 1.82) is 0 Å². The quantitative estimate of drug-likeness (QED) is 0.174. The zero-order valence-corrected chi connectivity index (χ0v) is 22.3. The first-order valence-electron chi connectivity index (χ1n) is 11.2. The largest absolute Gasteiger partial charge is 0.460 e. The molecule has 4 nitrogen and oxygen atoms in total. The van der Waals surface area contributed by atoms with Crippen LogP contribution in [0.1, 0.15) is 47.1 Å². The molecule has 5 heteroatoms. The van der Waals surface area contributed by atoms with Crippen LogP contribution in [-0.4, -0.2) is 36.7 Å². The number of ether oxygens (including phenoxy) is 1. The molecule has 0 aromatic heterocycles. The number of allylic oxidation sites excluding steroid dienone is 3. The zero-order chi connectivity index (χ0) is 25.4. The van der Waals surface area contributed by atoms with Gasteiger partial charge >= 0.3 is 0 Å². The van der Waals surface area contributed by atoms with Gasteiger partial charge in [-0.05, 0) is 32.4 Å². The Morgan fingerprint density at radius 2 is 1.79 bits per heavy atom. The summed E-state index contributed by atoms with van der Waals surface area (Å²) in [5.74, 6) is 4.07. The Morgan fingerprint density at radius 1 is 1.18 bits per heavy atom. The summed E-state index contributed by atoms with van der Waals surface area (Å²) in [5.41, 5.74) is 1.84. The third kappa shape index (κ3) is 9.19. The lowest BCUT2D eigenvalue weighted by molar-refractivity contribution is -0.110. The molecule has 0 amide bonds. The number of hydrogen-bond donors (Lipinski definition) is 0. The molecule has 0 atom stereocenters. The van der Waals surface area contributed by atoms with Gasteiger partial charge in [0.15, 0.2) is 5.78 Å². The number of aryl methyl sites for hydroxylation is 1. The Kier molecular flexibility index (Phi) is 15.1. The SMILES string of the molecule is C#CCS/C(C(=O)/C=C/N(C)C)=C(\C)Oc1c(C)cc(N=CC)c2ccccc12.CC.CC. The predicted molar refractivity (Wildman–Crippen MR) is 148 cm³/mol. The number of rotatable bonds is 8. The highest BCUT2D eigenvalue weighted by Crippen LogP contribution is 2.38. The van der Waals surface area contributed by atoms with Crippen LogP contribution in [0.5, 0.6) is 5.75 Å². The molecule has 33 heavy (non-hydrogen) atoms. The van der Waals surface area contributed by atoms with Crippen molar-refractivity contribution in [3.63, 3.8) is 0 Å². The second kappa shape index (κ2) is 16.6. The van der Waals surface area contributed by atoms with Gasteiger partial charge in [-0.15, -0.1) is 18.2 Å². The highest BCUT2D eigenvalue weighted by Gasteiger charge is 2.16. The first-order chi connectivity index (χ1) is 15.9. The molecule has 0 bridgehead atoms. The smallest absolute Gasteiger partial charge is 0.197 e. The van der Waals surface area contributed by atoms with Crippen LogP contribution in [-0.2, 0) is 4.79 Å². The number of ketones is 1. The van der Waals surface area contributed by atoms with Gasteiger partial charge in [-0.3, -0.25) is 9.79 Å². The van der Waals surface area contributed by atoms with Crippen LogP contribution in [0.25, 0.3) is 10.8 Å². The van der Waals surface area contributed by atoms with Gasteiger partial charge in [0.1, 0.15) is 11.5 Å². The number of fused-ring (bicyclic) bond motifs is 1. The standard InChI is InChI=1S/C24H26N2O2S.2C2H6/c1-7-15-29-24(22(27)13-14-26(5)6)18(4)28-23-17(3)16-21(25-8-2)19-11-9-10-12-20(19)23;2*1-2/h1,8-14,16H,15H2,2-6H3;2*1-2H3/b14-13+,24-18+,25-8?;;.